The van der Waals surface area contributed by atoms with Crippen molar-refractivity contribution < 1.29 is 4.74 Å². The van der Waals surface area contributed by atoms with Crippen LogP contribution in [0.5, 0.6) is 5.75 Å². The van der Waals surface area contributed by atoms with E-state index in [-0.39, 0.29) is 5.56 Å². The lowest BCUT2D eigenvalue weighted by Crippen LogP contribution is -2.20. The molecule has 2 heterocycles. The fourth-order valence-corrected chi connectivity index (χ4v) is 4.09. The Balaban J connectivity index is 1.46. The summed E-state index contributed by atoms with van der Waals surface area (Å²) in [6, 6.07) is 17.3. The summed E-state index contributed by atoms with van der Waals surface area (Å²) in [5, 5.41) is 3.34. The third-order valence-electron chi connectivity index (χ3n) is 4.52. The first kappa shape index (κ1) is 18.7. The van der Waals surface area contributed by atoms with Gasteiger partial charge in [0.15, 0.2) is 0 Å². The second-order valence-corrected chi connectivity index (χ2v) is 7.74. The molecule has 0 spiro atoms. The minimum atomic E-state index is 0.000165. The number of rotatable bonds is 7. The number of fused-ring (bicyclic) bond motifs is 1. The number of benzene rings is 2. The SMILES string of the molecule is O=c1c2c(-c3ccc(Cl)cc3)csc2ncn1CCCCOc1ccccc1. The van der Waals surface area contributed by atoms with E-state index in [4.69, 9.17) is 16.3 Å². The van der Waals surface area contributed by atoms with Gasteiger partial charge in [0.2, 0.25) is 0 Å². The van der Waals surface area contributed by atoms with Crippen molar-refractivity contribution in [2.24, 2.45) is 0 Å². The molecule has 0 aliphatic heterocycles. The van der Waals surface area contributed by atoms with E-state index >= 15 is 0 Å². The van der Waals surface area contributed by atoms with Crippen molar-refractivity contribution in [2.75, 3.05) is 6.61 Å². The molecule has 28 heavy (non-hydrogen) atoms. The maximum Gasteiger partial charge on any atom is 0.262 e. The minimum Gasteiger partial charge on any atom is -0.494 e. The number of aromatic nitrogens is 2. The highest BCUT2D eigenvalue weighted by Gasteiger charge is 2.13. The molecule has 4 rings (SSSR count). The molecule has 0 saturated heterocycles. The van der Waals surface area contributed by atoms with E-state index in [0.717, 1.165) is 34.5 Å². The first-order valence-electron chi connectivity index (χ1n) is 9.13. The van der Waals surface area contributed by atoms with Crippen LogP contribution >= 0.6 is 22.9 Å². The maximum atomic E-state index is 13.0. The summed E-state index contributed by atoms with van der Waals surface area (Å²) >= 11 is 7.47. The molecule has 6 heteroatoms. The van der Waals surface area contributed by atoms with E-state index in [1.54, 1.807) is 10.9 Å². The van der Waals surface area contributed by atoms with Crippen molar-refractivity contribution in [3.05, 3.63) is 81.7 Å². The van der Waals surface area contributed by atoms with Gasteiger partial charge in [0.25, 0.3) is 5.56 Å². The monoisotopic (exact) mass is 410 g/mol. The fraction of sp³-hybridized carbons (Fsp3) is 0.182. The minimum absolute atomic E-state index is 0.000165. The Hall–Kier alpha value is -2.63. The largest absolute Gasteiger partial charge is 0.494 e. The smallest absolute Gasteiger partial charge is 0.262 e. The van der Waals surface area contributed by atoms with Crippen LogP contribution in [-0.2, 0) is 6.54 Å². The van der Waals surface area contributed by atoms with Gasteiger partial charge in [0.05, 0.1) is 18.3 Å². The number of ether oxygens (including phenoxy) is 1. The van der Waals surface area contributed by atoms with Gasteiger partial charge in [-0.3, -0.25) is 9.36 Å². The van der Waals surface area contributed by atoms with Gasteiger partial charge in [-0.2, -0.15) is 0 Å². The lowest BCUT2D eigenvalue weighted by atomic mass is 10.1. The molecule has 142 valence electrons. The lowest BCUT2D eigenvalue weighted by Gasteiger charge is -2.08. The second-order valence-electron chi connectivity index (χ2n) is 6.45. The molecular weight excluding hydrogens is 392 g/mol. The standard InChI is InChI=1S/C22H19ClN2O2S/c23-17-10-8-16(9-11-17)19-14-28-21-20(19)22(26)25(15-24-21)12-4-5-13-27-18-6-2-1-3-7-18/h1-3,6-11,14-15H,4-5,12-13H2. The summed E-state index contributed by atoms with van der Waals surface area (Å²) in [6.07, 6.45) is 3.36. The number of thiophene rings is 1. The number of nitrogens with zero attached hydrogens (tertiary/aromatic N) is 2. The number of aryl methyl sites for hydroxylation is 1. The topological polar surface area (TPSA) is 44.1 Å². The van der Waals surface area contributed by atoms with Gasteiger partial charge >= 0.3 is 0 Å². The predicted molar refractivity (Wildman–Crippen MR) is 115 cm³/mol. The predicted octanol–water partition coefficient (Wildman–Crippen LogP) is 5.64. The van der Waals surface area contributed by atoms with Crippen LogP contribution in [0, 0.1) is 0 Å². The van der Waals surface area contributed by atoms with Gasteiger partial charge in [-0.25, -0.2) is 4.98 Å². The molecule has 0 radical (unpaired) electrons. The Morgan fingerprint density at radius 3 is 2.61 bits per heavy atom. The summed E-state index contributed by atoms with van der Waals surface area (Å²) in [4.78, 5) is 18.2. The summed E-state index contributed by atoms with van der Waals surface area (Å²) < 4.78 is 7.40. The normalized spacial score (nSPS) is 11.0. The van der Waals surface area contributed by atoms with Crippen LogP contribution in [0.25, 0.3) is 21.3 Å². The summed E-state index contributed by atoms with van der Waals surface area (Å²) in [7, 11) is 0. The number of hydrogen-bond donors (Lipinski definition) is 0. The Morgan fingerprint density at radius 2 is 1.82 bits per heavy atom. The van der Waals surface area contributed by atoms with Crippen LogP contribution in [0.3, 0.4) is 0 Å². The Labute approximate surface area is 172 Å². The maximum absolute atomic E-state index is 13.0. The Kier molecular flexibility index (Phi) is 5.74. The van der Waals surface area contributed by atoms with Crippen molar-refractivity contribution in [1.29, 1.82) is 0 Å². The molecule has 0 aliphatic rings. The first-order chi connectivity index (χ1) is 13.7. The molecule has 0 fully saturated rings. The average molecular weight is 411 g/mol. The van der Waals surface area contributed by atoms with E-state index in [0.29, 0.717) is 23.6 Å². The van der Waals surface area contributed by atoms with Crippen molar-refractivity contribution in [1.82, 2.24) is 9.55 Å². The molecule has 0 amide bonds. The molecule has 4 aromatic rings. The van der Waals surface area contributed by atoms with Crippen LogP contribution in [0.1, 0.15) is 12.8 Å². The highest BCUT2D eigenvalue weighted by molar-refractivity contribution is 7.17. The number of unbranched alkanes of at least 4 members (excludes halogenated alkanes) is 1. The van der Waals surface area contributed by atoms with E-state index in [9.17, 15) is 4.79 Å². The molecule has 2 aromatic carbocycles. The zero-order valence-electron chi connectivity index (χ0n) is 15.2. The zero-order valence-corrected chi connectivity index (χ0v) is 16.7. The molecule has 0 bridgehead atoms. The quantitative estimate of drug-likeness (QED) is 0.370. The van der Waals surface area contributed by atoms with Gasteiger partial charge in [-0.15, -0.1) is 11.3 Å². The van der Waals surface area contributed by atoms with Gasteiger partial charge in [-0.1, -0.05) is 41.9 Å². The molecule has 0 atom stereocenters. The highest BCUT2D eigenvalue weighted by Crippen LogP contribution is 2.31. The van der Waals surface area contributed by atoms with Crippen molar-refractivity contribution in [3.63, 3.8) is 0 Å². The number of para-hydroxylation sites is 1. The summed E-state index contributed by atoms with van der Waals surface area (Å²) in [5.41, 5.74) is 1.89. The number of hydrogen-bond acceptors (Lipinski definition) is 4. The van der Waals surface area contributed by atoms with E-state index in [1.807, 2.05) is 60.0 Å². The fourth-order valence-electron chi connectivity index (χ4n) is 3.06. The van der Waals surface area contributed by atoms with Crippen molar-refractivity contribution in [3.8, 4) is 16.9 Å². The van der Waals surface area contributed by atoms with Crippen LogP contribution < -0.4 is 10.3 Å². The second kappa shape index (κ2) is 8.59. The zero-order chi connectivity index (χ0) is 19.3. The summed E-state index contributed by atoms with van der Waals surface area (Å²) in [6.45, 7) is 1.25. The Morgan fingerprint density at radius 1 is 1.04 bits per heavy atom. The van der Waals surface area contributed by atoms with Crippen LogP contribution in [0.4, 0.5) is 0 Å². The van der Waals surface area contributed by atoms with Crippen molar-refractivity contribution >= 4 is 33.2 Å². The number of halogens is 1. The van der Waals surface area contributed by atoms with E-state index in [1.165, 1.54) is 11.3 Å². The third-order valence-corrected chi connectivity index (χ3v) is 5.66. The molecule has 0 saturated carbocycles. The Bertz CT molecular complexity index is 1120. The van der Waals surface area contributed by atoms with Crippen LogP contribution in [-0.4, -0.2) is 16.2 Å². The molecule has 4 nitrogen and oxygen atoms in total. The molecular formula is C22H19ClN2O2S. The summed E-state index contributed by atoms with van der Waals surface area (Å²) in [5.74, 6) is 0.869. The lowest BCUT2D eigenvalue weighted by molar-refractivity contribution is 0.303. The van der Waals surface area contributed by atoms with Crippen molar-refractivity contribution in [2.45, 2.75) is 19.4 Å². The highest BCUT2D eigenvalue weighted by atomic mass is 35.5. The van der Waals surface area contributed by atoms with Gasteiger partial charge in [0, 0.05) is 22.5 Å². The third kappa shape index (κ3) is 4.11. The molecule has 2 aromatic heterocycles. The van der Waals surface area contributed by atoms with E-state index in [2.05, 4.69) is 4.98 Å². The first-order valence-corrected chi connectivity index (χ1v) is 10.4. The average Bonchev–Trinajstić information content (AvgIpc) is 3.16. The molecule has 0 unspecified atom stereocenters. The van der Waals surface area contributed by atoms with Crippen LogP contribution in [0.15, 0.2) is 71.1 Å². The van der Waals surface area contributed by atoms with Gasteiger partial charge in [0.1, 0.15) is 10.6 Å². The van der Waals surface area contributed by atoms with E-state index < -0.39 is 0 Å². The van der Waals surface area contributed by atoms with Crippen LogP contribution in [0.2, 0.25) is 5.02 Å². The van der Waals surface area contributed by atoms with Gasteiger partial charge in [-0.05, 0) is 42.7 Å². The van der Waals surface area contributed by atoms with Gasteiger partial charge < -0.3 is 4.74 Å². The molecule has 0 aliphatic carbocycles. The molecule has 0 N–H and O–H groups in total.